The summed E-state index contributed by atoms with van der Waals surface area (Å²) in [5.41, 5.74) is -0.866. The Hall–Kier alpha value is -1.21. The summed E-state index contributed by atoms with van der Waals surface area (Å²) in [5, 5.41) is 7.93. The van der Waals surface area contributed by atoms with E-state index < -0.39 is 32.3 Å². The highest BCUT2D eigenvalue weighted by Crippen LogP contribution is 2.32. The Morgan fingerprint density at radius 1 is 1.44 bits per heavy atom. The zero-order valence-corrected chi connectivity index (χ0v) is 10.7. The molecule has 0 spiro atoms. The van der Waals surface area contributed by atoms with Crippen LogP contribution in [0.4, 0.5) is 8.78 Å². The first-order chi connectivity index (χ1) is 8.13. The van der Waals surface area contributed by atoms with Crippen LogP contribution in [0.15, 0.2) is 23.1 Å². The molecule has 1 aromatic rings. The minimum absolute atomic E-state index is 0.235. The summed E-state index contributed by atoms with van der Waals surface area (Å²) in [7, 11) is -3.64. The van der Waals surface area contributed by atoms with Crippen molar-refractivity contribution in [3.8, 4) is 0 Å². The summed E-state index contributed by atoms with van der Waals surface area (Å²) in [6.45, 7) is 1.38. The molecule has 0 aliphatic heterocycles. The second-order valence-electron chi connectivity index (χ2n) is 3.43. The van der Waals surface area contributed by atoms with Crippen LogP contribution in [0.1, 0.15) is 12.5 Å². The number of carboxylic acids is 1. The Morgan fingerprint density at radius 2 is 2.00 bits per heavy atom. The molecule has 4 nitrogen and oxygen atoms in total. The highest BCUT2D eigenvalue weighted by Gasteiger charge is 2.41. The predicted molar refractivity (Wildman–Crippen MR) is 60.7 cm³/mol. The summed E-state index contributed by atoms with van der Waals surface area (Å²) in [4.78, 5) is 10.1. The lowest BCUT2D eigenvalue weighted by Gasteiger charge is -2.13. The lowest BCUT2D eigenvalue weighted by atomic mass is 10.1. The molecule has 0 atom stereocenters. The number of hydrogen-bond donors (Lipinski definition) is 1. The monoisotopic (exact) mass is 298 g/mol. The fourth-order valence-electron chi connectivity index (χ4n) is 1.23. The molecule has 1 N–H and O–H groups in total. The maximum absolute atomic E-state index is 13.2. The Kier molecular flexibility index (Phi) is 3.97. The van der Waals surface area contributed by atoms with E-state index in [-0.39, 0.29) is 10.6 Å². The Morgan fingerprint density at radius 3 is 2.39 bits per heavy atom. The number of aliphatic carboxylic acids is 1. The minimum atomic E-state index is -4.11. The van der Waals surface area contributed by atoms with Crippen molar-refractivity contribution in [1.82, 2.24) is 0 Å². The molecule has 1 rings (SSSR count). The highest BCUT2D eigenvalue weighted by atomic mass is 35.5. The van der Waals surface area contributed by atoms with Crippen LogP contribution in [0, 0.1) is 0 Å². The number of rotatable bonds is 4. The molecule has 0 amide bonds. The molecule has 0 heterocycles. The lowest BCUT2D eigenvalue weighted by Crippen LogP contribution is -2.25. The molecule has 0 aromatic heterocycles. The van der Waals surface area contributed by atoms with Crippen LogP contribution in [-0.2, 0) is 20.6 Å². The van der Waals surface area contributed by atoms with Gasteiger partial charge in [0.05, 0.1) is 15.7 Å². The minimum Gasteiger partial charge on any atom is -0.477 e. The van der Waals surface area contributed by atoms with E-state index in [2.05, 4.69) is 0 Å². The Bertz CT molecular complexity index is 584. The molecular weight excluding hydrogens is 290 g/mol. The zero-order valence-electron chi connectivity index (χ0n) is 9.15. The van der Waals surface area contributed by atoms with Gasteiger partial charge in [0.1, 0.15) is 0 Å². The largest absolute Gasteiger partial charge is 0.477 e. The van der Waals surface area contributed by atoms with Crippen molar-refractivity contribution in [2.24, 2.45) is 0 Å². The van der Waals surface area contributed by atoms with Crippen LogP contribution in [-0.4, -0.2) is 25.2 Å². The van der Waals surface area contributed by atoms with Crippen LogP contribution >= 0.6 is 11.6 Å². The van der Waals surface area contributed by atoms with Crippen molar-refractivity contribution in [1.29, 1.82) is 0 Å². The summed E-state index contributed by atoms with van der Waals surface area (Å²) in [6.07, 6.45) is 0. The van der Waals surface area contributed by atoms with Gasteiger partial charge in [0.15, 0.2) is 9.84 Å². The Labute approximate surface area is 107 Å². The van der Waals surface area contributed by atoms with Crippen molar-refractivity contribution >= 4 is 27.4 Å². The second-order valence-corrected chi connectivity index (χ2v) is 6.08. The second kappa shape index (κ2) is 4.81. The third-order valence-corrected chi connectivity index (χ3v) is 4.49. The molecule has 0 bridgehead atoms. The first-order valence-electron chi connectivity index (χ1n) is 4.77. The van der Waals surface area contributed by atoms with Gasteiger partial charge >= 0.3 is 11.9 Å². The van der Waals surface area contributed by atoms with Crippen LogP contribution in [0.5, 0.6) is 0 Å². The molecule has 0 aliphatic rings. The van der Waals surface area contributed by atoms with Crippen molar-refractivity contribution in [3.63, 3.8) is 0 Å². The third kappa shape index (κ3) is 2.62. The number of hydrogen-bond acceptors (Lipinski definition) is 3. The maximum Gasteiger partial charge on any atom is 0.379 e. The molecule has 18 heavy (non-hydrogen) atoms. The summed E-state index contributed by atoms with van der Waals surface area (Å²) < 4.78 is 49.4. The Balaban J connectivity index is 3.36. The molecule has 0 aliphatic carbocycles. The lowest BCUT2D eigenvalue weighted by molar-refractivity contribution is -0.166. The maximum atomic E-state index is 13.2. The van der Waals surface area contributed by atoms with Crippen LogP contribution in [0.2, 0.25) is 5.02 Å². The van der Waals surface area contributed by atoms with Gasteiger partial charge in [-0.2, -0.15) is 8.78 Å². The first kappa shape index (κ1) is 14.8. The number of carboxylic acid groups (broad SMARTS) is 1. The average molecular weight is 299 g/mol. The number of alkyl halides is 2. The van der Waals surface area contributed by atoms with Gasteiger partial charge in [-0.05, 0) is 12.1 Å². The number of sulfone groups is 1. The third-order valence-electron chi connectivity index (χ3n) is 2.28. The van der Waals surface area contributed by atoms with Gasteiger partial charge in [0.2, 0.25) is 0 Å². The molecule has 0 saturated heterocycles. The summed E-state index contributed by atoms with van der Waals surface area (Å²) in [5.74, 6) is -6.68. The smallest absolute Gasteiger partial charge is 0.379 e. The highest BCUT2D eigenvalue weighted by molar-refractivity contribution is 7.91. The average Bonchev–Trinajstić information content (AvgIpc) is 2.28. The zero-order chi connectivity index (χ0) is 14.1. The first-order valence-corrected chi connectivity index (χ1v) is 6.80. The topological polar surface area (TPSA) is 71.4 Å². The van der Waals surface area contributed by atoms with Crippen molar-refractivity contribution in [2.45, 2.75) is 17.7 Å². The number of carbonyl (C=O) groups is 1. The van der Waals surface area contributed by atoms with Gasteiger partial charge < -0.3 is 5.11 Å². The van der Waals surface area contributed by atoms with Crippen LogP contribution < -0.4 is 0 Å². The molecule has 8 heteroatoms. The van der Waals surface area contributed by atoms with E-state index in [9.17, 15) is 22.0 Å². The normalized spacial score (nSPS) is 12.4. The van der Waals surface area contributed by atoms with Gasteiger partial charge in [0, 0.05) is 5.56 Å². The fourth-order valence-corrected chi connectivity index (χ4v) is 2.70. The molecule has 1 aromatic carbocycles. The quantitative estimate of drug-likeness (QED) is 0.926. The van der Waals surface area contributed by atoms with E-state index >= 15 is 0 Å². The standard InChI is InChI=1S/C10H9ClF2O4S/c1-2-18(16,17)8-4-3-6(5-7(8)11)10(12,13)9(14)15/h3-5H,2H2,1H3,(H,14,15). The SMILES string of the molecule is CCS(=O)(=O)c1ccc(C(F)(F)C(=O)O)cc1Cl. The predicted octanol–water partition coefficient (Wildman–Crippen LogP) is 2.31. The van der Waals surface area contributed by atoms with E-state index in [1.54, 1.807) is 0 Å². The van der Waals surface area contributed by atoms with Crippen molar-refractivity contribution in [3.05, 3.63) is 28.8 Å². The molecular formula is C10H9ClF2O4S. The molecule has 100 valence electrons. The van der Waals surface area contributed by atoms with Crippen molar-refractivity contribution in [2.75, 3.05) is 5.75 Å². The molecule has 0 unspecified atom stereocenters. The van der Waals surface area contributed by atoms with Crippen LogP contribution in [0.3, 0.4) is 0 Å². The molecule has 0 saturated carbocycles. The van der Waals surface area contributed by atoms with Gasteiger partial charge in [-0.1, -0.05) is 24.6 Å². The fraction of sp³-hybridized carbons (Fsp3) is 0.300. The van der Waals surface area contributed by atoms with E-state index in [1.165, 1.54) is 6.92 Å². The van der Waals surface area contributed by atoms with Crippen molar-refractivity contribution < 1.29 is 27.1 Å². The van der Waals surface area contributed by atoms with Gasteiger partial charge in [-0.15, -0.1) is 0 Å². The van der Waals surface area contributed by atoms with E-state index in [1.807, 2.05) is 0 Å². The van der Waals surface area contributed by atoms with E-state index in [0.29, 0.717) is 6.07 Å². The summed E-state index contributed by atoms with van der Waals surface area (Å²) >= 11 is 5.60. The van der Waals surface area contributed by atoms with E-state index in [4.69, 9.17) is 16.7 Å². The van der Waals surface area contributed by atoms with Crippen LogP contribution in [0.25, 0.3) is 0 Å². The number of halogens is 3. The van der Waals surface area contributed by atoms with Gasteiger partial charge in [-0.25, -0.2) is 13.2 Å². The van der Waals surface area contributed by atoms with E-state index in [0.717, 1.165) is 12.1 Å². The molecule has 0 fully saturated rings. The molecule has 0 radical (unpaired) electrons. The van der Waals surface area contributed by atoms with Gasteiger partial charge in [-0.3, -0.25) is 0 Å². The summed E-state index contributed by atoms with van der Waals surface area (Å²) in [6, 6.07) is 2.27. The van der Waals surface area contributed by atoms with Gasteiger partial charge in [0.25, 0.3) is 0 Å². The number of benzene rings is 1.